The molecular formula is C30H44N4O8. The van der Waals surface area contributed by atoms with Crippen LogP contribution in [0.4, 0.5) is 0 Å². The van der Waals surface area contributed by atoms with E-state index in [2.05, 4.69) is 10.2 Å². The number of carbonyl (C=O) groups excluding carboxylic acids is 4. The van der Waals surface area contributed by atoms with E-state index in [4.69, 9.17) is 14.2 Å². The number of hydrogen-bond donors (Lipinski definition) is 2. The van der Waals surface area contributed by atoms with Gasteiger partial charge < -0.3 is 34.4 Å². The van der Waals surface area contributed by atoms with Crippen LogP contribution in [0.5, 0.6) is 0 Å². The summed E-state index contributed by atoms with van der Waals surface area (Å²) in [7, 11) is 0. The first-order valence-corrected chi connectivity index (χ1v) is 15.4. The number of hydrogen-bond acceptors (Lipinski definition) is 9. The molecule has 5 heterocycles. The lowest BCUT2D eigenvalue weighted by Crippen LogP contribution is -2.57. The second kappa shape index (κ2) is 13.7. The lowest BCUT2D eigenvalue weighted by atomic mass is 9.74. The molecule has 3 fully saturated rings. The van der Waals surface area contributed by atoms with Gasteiger partial charge in [-0.1, -0.05) is 24.3 Å². The Kier molecular flexibility index (Phi) is 9.97. The van der Waals surface area contributed by atoms with Crippen LogP contribution in [0, 0.1) is 11.8 Å². The molecule has 5 aliphatic rings. The third kappa shape index (κ3) is 6.27. The lowest BCUT2D eigenvalue weighted by molar-refractivity contribution is -0.158. The van der Waals surface area contributed by atoms with Gasteiger partial charge in [0.05, 0.1) is 31.8 Å². The number of likely N-dealkylation sites (tertiary alicyclic amines) is 1. The molecule has 6 atom stereocenters. The Morgan fingerprint density at radius 3 is 2.62 bits per heavy atom. The number of aliphatic hydroxyl groups excluding tert-OH is 1. The average molecular weight is 589 g/mol. The highest BCUT2D eigenvalue weighted by Gasteiger charge is 2.73. The van der Waals surface area contributed by atoms with Crippen LogP contribution in [0.15, 0.2) is 24.3 Å². The molecule has 12 heteroatoms. The van der Waals surface area contributed by atoms with Gasteiger partial charge in [-0.05, 0) is 32.6 Å². The molecule has 3 saturated heterocycles. The summed E-state index contributed by atoms with van der Waals surface area (Å²) in [4.78, 5) is 60.1. The fraction of sp³-hybridized carbons (Fsp3) is 0.733. The Labute approximate surface area is 247 Å². The van der Waals surface area contributed by atoms with Gasteiger partial charge in [0.1, 0.15) is 23.7 Å². The molecule has 5 aliphatic heterocycles. The molecule has 12 nitrogen and oxygen atoms in total. The number of amides is 3. The largest absolute Gasteiger partial charge is 0.460 e. The molecule has 3 amide bonds. The average Bonchev–Trinajstić information content (AvgIpc) is 3.63. The van der Waals surface area contributed by atoms with Gasteiger partial charge in [-0.3, -0.25) is 24.1 Å². The summed E-state index contributed by atoms with van der Waals surface area (Å²) in [5, 5.41) is 12.1. The van der Waals surface area contributed by atoms with Crippen LogP contribution in [0.3, 0.4) is 0 Å². The maximum atomic E-state index is 14.5. The van der Waals surface area contributed by atoms with Gasteiger partial charge in [-0.25, -0.2) is 0 Å². The zero-order valence-corrected chi connectivity index (χ0v) is 24.4. The van der Waals surface area contributed by atoms with E-state index in [0.29, 0.717) is 65.1 Å². The molecule has 2 N–H and O–H groups in total. The molecular weight excluding hydrogens is 544 g/mol. The summed E-state index contributed by atoms with van der Waals surface area (Å²) in [5.74, 6) is -2.97. The van der Waals surface area contributed by atoms with Crippen LogP contribution in [-0.4, -0.2) is 133 Å². The number of aliphatic hydroxyl groups is 1. The summed E-state index contributed by atoms with van der Waals surface area (Å²) in [6.07, 6.45) is 8.86. The van der Waals surface area contributed by atoms with Gasteiger partial charge in [-0.2, -0.15) is 0 Å². The summed E-state index contributed by atoms with van der Waals surface area (Å²) in [6, 6.07) is -0.919. The molecule has 0 aromatic carbocycles. The van der Waals surface area contributed by atoms with E-state index in [1.165, 1.54) is 0 Å². The van der Waals surface area contributed by atoms with Crippen LogP contribution in [0.2, 0.25) is 0 Å². The maximum Gasteiger partial charge on any atom is 0.313 e. The molecule has 0 aliphatic carbocycles. The SMILES string of the molecule is C[C@H]1CNC(=O)CC/C=C\CN(CCN2CCOCC2)C(=O)[C@H]2N(CCCCCO)C(=O)[C@@H]3[C@@H](C(=O)O1)[C@H]1C=C[C@]32O1. The number of fused-ring (bicyclic) bond motifs is 2. The number of rotatable bonds is 8. The quantitative estimate of drug-likeness (QED) is 0.225. The minimum absolute atomic E-state index is 0.0601. The van der Waals surface area contributed by atoms with E-state index >= 15 is 0 Å². The topological polar surface area (TPSA) is 138 Å². The van der Waals surface area contributed by atoms with Gasteiger partial charge in [0.25, 0.3) is 0 Å². The number of cyclic esters (lactones) is 1. The highest BCUT2D eigenvalue weighted by atomic mass is 16.6. The smallest absolute Gasteiger partial charge is 0.313 e. The van der Waals surface area contributed by atoms with Crippen molar-refractivity contribution in [3.8, 4) is 0 Å². The van der Waals surface area contributed by atoms with E-state index in [0.717, 1.165) is 13.1 Å². The third-order valence-corrected chi connectivity index (χ3v) is 8.97. The molecule has 0 unspecified atom stereocenters. The summed E-state index contributed by atoms with van der Waals surface area (Å²) in [5.41, 5.74) is -1.26. The number of unbranched alkanes of at least 4 members (excludes halogenated alkanes) is 2. The first-order valence-electron chi connectivity index (χ1n) is 15.4. The number of carbonyl (C=O) groups is 4. The second-order valence-corrected chi connectivity index (χ2v) is 11.8. The Morgan fingerprint density at radius 1 is 1.02 bits per heavy atom. The third-order valence-electron chi connectivity index (χ3n) is 8.97. The minimum atomic E-state index is -1.26. The molecule has 0 radical (unpaired) electrons. The summed E-state index contributed by atoms with van der Waals surface area (Å²) < 4.78 is 17.6. The van der Waals surface area contributed by atoms with E-state index in [9.17, 15) is 24.3 Å². The van der Waals surface area contributed by atoms with Crippen molar-refractivity contribution in [1.82, 2.24) is 20.0 Å². The van der Waals surface area contributed by atoms with Crippen LogP contribution in [0.1, 0.15) is 39.0 Å². The summed E-state index contributed by atoms with van der Waals surface area (Å²) in [6.45, 7) is 6.55. The first kappa shape index (κ1) is 30.7. The molecule has 0 saturated carbocycles. The zero-order valence-electron chi connectivity index (χ0n) is 24.4. The van der Waals surface area contributed by atoms with E-state index in [-0.39, 0.29) is 37.3 Å². The first-order chi connectivity index (χ1) is 20.4. The molecule has 5 bridgehead atoms. The van der Waals surface area contributed by atoms with Gasteiger partial charge in [0, 0.05) is 52.3 Å². The number of morpholine rings is 1. The van der Waals surface area contributed by atoms with Gasteiger partial charge in [0.15, 0.2) is 0 Å². The molecule has 232 valence electrons. The zero-order chi connectivity index (χ0) is 29.7. The van der Waals surface area contributed by atoms with Crippen molar-refractivity contribution in [3.63, 3.8) is 0 Å². The number of esters is 1. The normalized spacial score (nSPS) is 35.0. The van der Waals surface area contributed by atoms with Crippen molar-refractivity contribution in [2.45, 2.75) is 62.9 Å². The minimum Gasteiger partial charge on any atom is -0.460 e. The maximum absolute atomic E-state index is 14.5. The monoisotopic (exact) mass is 588 g/mol. The van der Waals surface area contributed by atoms with Crippen molar-refractivity contribution in [3.05, 3.63) is 24.3 Å². The predicted octanol–water partition coefficient (Wildman–Crippen LogP) is -0.142. The number of ether oxygens (including phenoxy) is 3. The van der Waals surface area contributed by atoms with E-state index in [1.807, 2.05) is 18.2 Å². The van der Waals surface area contributed by atoms with Crippen molar-refractivity contribution < 1.29 is 38.5 Å². The number of nitrogens with zero attached hydrogens (tertiary/aromatic N) is 3. The Balaban J connectivity index is 1.46. The van der Waals surface area contributed by atoms with Crippen molar-refractivity contribution in [2.24, 2.45) is 11.8 Å². The van der Waals surface area contributed by atoms with Gasteiger partial charge in [0.2, 0.25) is 17.7 Å². The Hall–Kier alpha value is -2.80. The van der Waals surface area contributed by atoms with E-state index < -0.39 is 41.7 Å². The van der Waals surface area contributed by atoms with Crippen molar-refractivity contribution in [1.29, 1.82) is 0 Å². The highest BCUT2D eigenvalue weighted by Crippen LogP contribution is 2.55. The van der Waals surface area contributed by atoms with Crippen molar-refractivity contribution >= 4 is 23.7 Å². The summed E-state index contributed by atoms with van der Waals surface area (Å²) >= 11 is 0. The van der Waals surface area contributed by atoms with Crippen LogP contribution in [-0.2, 0) is 33.4 Å². The molecule has 1 spiro atoms. The molecule has 0 aromatic heterocycles. The van der Waals surface area contributed by atoms with E-state index in [1.54, 1.807) is 22.8 Å². The van der Waals surface area contributed by atoms with Gasteiger partial charge >= 0.3 is 5.97 Å². The van der Waals surface area contributed by atoms with Crippen LogP contribution in [0.25, 0.3) is 0 Å². The standard InChI is InChI=1S/C30H44N4O8/c1-21-20-31-23(36)8-4-2-5-11-33(14-13-32-15-18-40-19-16-32)28(38)26-30-10-9-22(42-30)24(29(39)41-21)25(30)27(37)34(26)12-6-3-7-17-35/h2,5,9-10,21-22,24-26,35H,3-4,6-8,11-20H2,1H3,(H,31,36)/b5-2-/t21-,22+,24-,25-,26+,30-/m0/s1. The highest BCUT2D eigenvalue weighted by molar-refractivity contribution is 5.99. The Morgan fingerprint density at radius 2 is 1.83 bits per heavy atom. The van der Waals surface area contributed by atoms with Crippen LogP contribution >= 0.6 is 0 Å². The fourth-order valence-electron chi connectivity index (χ4n) is 6.78. The lowest BCUT2D eigenvalue weighted by Gasteiger charge is -2.37. The second-order valence-electron chi connectivity index (χ2n) is 11.8. The molecule has 0 aromatic rings. The number of allylic oxidation sites excluding steroid dienone is 1. The van der Waals surface area contributed by atoms with Gasteiger partial charge in [-0.15, -0.1) is 0 Å². The molecule has 5 rings (SSSR count). The Bertz CT molecular complexity index is 1080. The fourth-order valence-corrected chi connectivity index (χ4v) is 6.78. The van der Waals surface area contributed by atoms with Crippen LogP contribution < -0.4 is 5.32 Å². The number of nitrogens with one attached hydrogen (secondary N) is 1. The predicted molar refractivity (Wildman–Crippen MR) is 151 cm³/mol. The molecule has 42 heavy (non-hydrogen) atoms. The van der Waals surface area contributed by atoms with Crippen molar-refractivity contribution in [2.75, 3.05) is 65.6 Å².